The van der Waals surface area contributed by atoms with Gasteiger partial charge in [-0.3, -0.25) is 0 Å². The van der Waals surface area contributed by atoms with Gasteiger partial charge in [-0.25, -0.2) is 0 Å². The molecule has 1 aliphatic rings. The van der Waals surface area contributed by atoms with Gasteiger partial charge in [0.05, 0.1) is 10.6 Å². The third-order valence-electron chi connectivity index (χ3n) is 5.07. The van der Waals surface area contributed by atoms with Crippen LogP contribution >= 0.6 is 11.6 Å². The van der Waals surface area contributed by atoms with Gasteiger partial charge in [0.25, 0.3) is 0 Å². The Balaban J connectivity index is 1.74. The van der Waals surface area contributed by atoms with Gasteiger partial charge in [0.2, 0.25) is 0 Å². The summed E-state index contributed by atoms with van der Waals surface area (Å²) in [4.78, 5) is 0. The van der Waals surface area contributed by atoms with Gasteiger partial charge in [-0.15, -0.1) is 0 Å². The number of halogens is 1. The molecule has 0 atom stereocenters. The average molecular weight is 342 g/mol. The monoisotopic (exact) mass is 341 g/mol. The summed E-state index contributed by atoms with van der Waals surface area (Å²) >= 11 is 6.06. The second-order valence-corrected chi connectivity index (χ2v) is 7.40. The van der Waals surface area contributed by atoms with Crippen LogP contribution in [0.25, 0.3) is 0 Å². The summed E-state index contributed by atoms with van der Waals surface area (Å²) in [5, 5.41) is 9.40. The SMILES string of the molecule is CCCCCCCC1CCC(C#Cc2ccc(C#N)c(Cl)c2)CC1. The summed E-state index contributed by atoms with van der Waals surface area (Å²) in [6, 6.07) is 7.52. The molecular weight excluding hydrogens is 314 g/mol. The van der Waals surface area contributed by atoms with Crippen molar-refractivity contribution in [1.29, 1.82) is 5.26 Å². The largest absolute Gasteiger partial charge is 0.192 e. The molecule has 1 aromatic rings. The van der Waals surface area contributed by atoms with Crippen LogP contribution in [-0.4, -0.2) is 0 Å². The summed E-state index contributed by atoms with van der Waals surface area (Å²) < 4.78 is 0. The minimum atomic E-state index is 0.496. The highest BCUT2D eigenvalue weighted by Crippen LogP contribution is 2.31. The van der Waals surface area contributed by atoms with Crippen molar-refractivity contribution < 1.29 is 0 Å². The fourth-order valence-electron chi connectivity index (χ4n) is 3.50. The van der Waals surface area contributed by atoms with E-state index in [0.717, 1.165) is 11.5 Å². The molecule has 2 rings (SSSR count). The Hall–Kier alpha value is -1.44. The van der Waals surface area contributed by atoms with E-state index in [1.807, 2.05) is 6.07 Å². The van der Waals surface area contributed by atoms with E-state index in [2.05, 4.69) is 24.8 Å². The van der Waals surface area contributed by atoms with Crippen LogP contribution in [0.2, 0.25) is 5.02 Å². The normalized spacial score (nSPS) is 20.0. The van der Waals surface area contributed by atoms with Crippen molar-refractivity contribution in [3.63, 3.8) is 0 Å². The molecule has 0 aliphatic heterocycles. The molecule has 2 heteroatoms. The van der Waals surface area contributed by atoms with Gasteiger partial charge in [0, 0.05) is 11.5 Å². The Morgan fingerprint density at radius 3 is 2.50 bits per heavy atom. The third-order valence-corrected chi connectivity index (χ3v) is 5.39. The zero-order chi connectivity index (χ0) is 17.2. The van der Waals surface area contributed by atoms with E-state index in [-0.39, 0.29) is 0 Å². The highest BCUT2D eigenvalue weighted by molar-refractivity contribution is 6.31. The highest BCUT2D eigenvalue weighted by atomic mass is 35.5. The first kappa shape index (κ1) is 18.9. The van der Waals surface area contributed by atoms with Crippen molar-refractivity contribution in [3.8, 4) is 17.9 Å². The Kier molecular flexibility index (Phi) is 8.21. The standard InChI is InChI=1S/C22H28ClN/c1-2-3-4-5-6-7-18-8-10-19(11-9-18)12-13-20-14-15-21(17-24)22(23)16-20/h14-16,18-19H,2-11H2,1H3. The van der Waals surface area contributed by atoms with Crippen LogP contribution in [0.3, 0.4) is 0 Å². The number of hydrogen-bond acceptors (Lipinski definition) is 1. The average Bonchev–Trinajstić information content (AvgIpc) is 2.61. The van der Waals surface area contributed by atoms with Crippen LogP contribution in [0.15, 0.2) is 18.2 Å². The minimum Gasteiger partial charge on any atom is -0.192 e. The van der Waals surface area contributed by atoms with Gasteiger partial charge in [0.15, 0.2) is 0 Å². The topological polar surface area (TPSA) is 23.8 Å². The summed E-state index contributed by atoms with van der Waals surface area (Å²) in [6.07, 6.45) is 13.5. The molecule has 0 N–H and O–H groups in total. The van der Waals surface area contributed by atoms with E-state index in [9.17, 15) is 0 Å². The first-order chi connectivity index (χ1) is 11.7. The lowest BCUT2D eigenvalue weighted by Gasteiger charge is -2.25. The fourth-order valence-corrected chi connectivity index (χ4v) is 3.72. The van der Waals surface area contributed by atoms with E-state index in [0.29, 0.717) is 16.5 Å². The predicted octanol–water partition coefficient (Wildman–Crippen LogP) is 6.73. The van der Waals surface area contributed by atoms with Crippen LogP contribution in [-0.2, 0) is 0 Å². The maximum Gasteiger partial charge on any atom is 0.101 e. The molecule has 0 saturated heterocycles. The molecule has 24 heavy (non-hydrogen) atoms. The molecule has 0 spiro atoms. The molecule has 1 nitrogen and oxygen atoms in total. The smallest absolute Gasteiger partial charge is 0.101 e. The maximum atomic E-state index is 8.90. The van der Waals surface area contributed by atoms with Gasteiger partial charge in [-0.05, 0) is 49.8 Å². The van der Waals surface area contributed by atoms with Gasteiger partial charge in [-0.2, -0.15) is 5.26 Å². The van der Waals surface area contributed by atoms with Crippen molar-refractivity contribution in [2.45, 2.75) is 71.1 Å². The number of nitriles is 1. The molecule has 0 heterocycles. The number of benzene rings is 1. The van der Waals surface area contributed by atoms with E-state index in [1.165, 1.54) is 64.2 Å². The zero-order valence-electron chi connectivity index (χ0n) is 14.8. The van der Waals surface area contributed by atoms with Crippen molar-refractivity contribution >= 4 is 11.6 Å². The Morgan fingerprint density at radius 2 is 1.83 bits per heavy atom. The first-order valence-electron chi connectivity index (χ1n) is 9.44. The summed E-state index contributed by atoms with van der Waals surface area (Å²) in [7, 11) is 0. The van der Waals surface area contributed by atoms with E-state index >= 15 is 0 Å². The summed E-state index contributed by atoms with van der Waals surface area (Å²) in [5.41, 5.74) is 1.43. The fraction of sp³-hybridized carbons (Fsp3) is 0.591. The van der Waals surface area contributed by atoms with Crippen molar-refractivity contribution in [1.82, 2.24) is 0 Å². The highest BCUT2D eigenvalue weighted by Gasteiger charge is 2.19. The second-order valence-electron chi connectivity index (χ2n) is 7.00. The molecule has 0 aromatic heterocycles. The summed E-state index contributed by atoms with van der Waals surface area (Å²) in [5.74, 6) is 8.11. The van der Waals surface area contributed by atoms with Gasteiger partial charge < -0.3 is 0 Å². The van der Waals surface area contributed by atoms with Crippen LogP contribution in [0, 0.1) is 35.0 Å². The third kappa shape index (κ3) is 6.22. The van der Waals surface area contributed by atoms with Gasteiger partial charge in [0.1, 0.15) is 6.07 Å². The molecule has 0 radical (unpaired) electrons. The molecule has 1 aliphatic carbocycles. The predicted molar refractivity (Wildman–Crippen MR) is 102 cm³/mol. The Bertz CT molecular complexity index is 609. The molecule has 1 saturated carbocycles. The molecule has 0 bridgehead atoms. The van der Waals surface area contributed by atoms with Crippen molar-refractivity contribution in [2.24, 2.45) is 11.8 Å². The van der Waals surface area contributed by atoms with Crippen molar-refractivity contribution in [2.75, 3.05) is 0 Å². The van der Waals surface area contributed by atoms with Crippen LogP contribution < -0.4 is 0 Å². The van der Waals surface area contributed by atoms with Gasteiger partial charge >= 0.3 is 0 Å². The quantitative estimate of drug-likeness (QED) is 0.415. The van der Waals surface area contributed by atoms with Crippen LogP contribution in [0.5, 0.6) is 0 Å². The second kappa shape index (κ2) is 10.4. The molecule has 1 aromatic carbocycles. The lowest BCUT2D eigenvalue weighted by molar-refractivity contribution is 0.294. The lowest BCUT2D eigenvalue weighted by Crippen LogP contribution is -2.13. The number of unbranched alkanes of at least 4 members (excludes halogenated alkanes) is 4. The zero-order valence-corrected chi connectivity index (χ0v) is 15.5. The maximum absolute atomic E-state index is 8.90. The Labute approximate surface area is 152 Å². The molecular formula is C22H28ClN. The number of nitrogens with zero attached hydrogens (tertiary/aromatic N) is 1. The lowest BCUT2D eigenvalue weighted by atomic mass is 9.80. The van der Waals surface area contributed by atoms with Crippen LogP contribution in [0.1, 0.15) is 82.3 Å². The van der Waals surface area contributed by atoms with Crippen LogP contribution in [0.4, 0.5) is 0 Å². The van der Waals surface area contributed by atoms with Crippen molar-refractivity contribution in [3.05, 3.63) is 34.3 Å². The van der Waals surface area contributed by atoms with Gasteiger partial charge in [-0.1, -0.05) is 68.9 Å². The number of hydrogen-bond donors (Lipinski definition) is 0. The number of rotatable bonds is 6. The van der Waals surface area contributed by atoms with E-state index in [1.54, 1.807) is 12.1 Å². The van der Waals surface area contributed by atoms with E-state index < -0.39 is 0 Å². The van der Waals surface area contributed by atoms with E-state index in [4.69, 9.17) is 16.9 Å². The Morgan fingerprint density at radius 1 is 1.08 bits per heavy atom. The summed E-state index contributed by atoms with van der Waals surface area (Å²) in [6.45, 7) is 2.27. The molecule has 128 valence electrons. The molecule has 0 unspecified atom stereocenters. The minimum absolute atomic E-state index is 0.496. The molecule has 0 amide bonds. The first-order valence-corrected chi connectivity index (χ1v) is 9.82. The molecule has 1 fully saturated rings.